The molecule has 3 fully saturated rings. The van der Waals surface area contributed by atoms with Crippen molar-refractivity contribution < 1.29 is 29.0 Å². The number of anilines is 1. The molecule has 2 aromatic rings. The molecule has 0 aromatic heterocycles. The lowest BCUT2D eigenvalue weighted by molar-refractivity contribution is -0.147. The van der Waals surface area contributed by atoms with E-state index in [-0.39, 0.29) is 24.3 Å². The molecule has 1 N–H and O–H groups in total. The molecule has 0 aliphatic carbocycles. The molecule has 9 nitrogen and oxygen atoms in total. The highest BCUT2D eigenvalue weighted by atomic mass is 16.5. The highest BCUT2D eigenvalue weighted by Crippen LogP contribution is 2.60. The van der Waals surface area contributed by atoms with Crippen molar-refractivity contribution >= 4 is 23.4 Å². The lowest BCUT2D eigenvalue weighted by atomic mass is 9.70. The molecule has 6 atom stereocenters. The monoisotopic (exact) mass is 587 g/mol. The second-order valence-corrected chi connectivity index (χ2v) is 11.4. The summed E-state index contributed by atoms with van der Waals surface area (Å²) in [4.78, 5) is 48.4. The fraction of sp³-hybridized carbons (Fsp3) is 0.441. The standard InChI is InChI=1S/C34H41N3O6/c1-5-19-35(20-6-2)31(39)28-27-17-18-34(43-27)29(28)32(40)37(26(22-38)23-11-9-8-10-12-23)30(34)33(41)36(21-7-3)24-13-15-25(42-4)16-14-24/h5,7-16,26-30,38H,1,3,6,17-22H2,2,4H3/t26-,27+,28-,29+,30?,34?/m1/s1. The van der Waals surface area contributed by atoms with Gasteiger partial charge in [0.2, 0.25) is 11.8 Å². The number of benzene rings is 2. The number of likely N-dealkylation sites (tertiary alicyclic amines) is 1. The number of methoxy groups -OCH3 is 1. The van der Waals surface area contributed by atoms with Crippen LogP contribution in [0, 0.1) is 11.8 Å². The van der Waals surface area contributed by atoms with Crippen LogP contribution >= 0.6 is 0 Å². The summed E-state index contributed by atoms with van der Waals surface area (Å²) in [5, 5.41) is 10.7. The summed E-state index contributed by atoms with van der Waals surface area (Å²) in [6, 6.07) is 14.4. The first-order valence-corrected chi connectivity index (χ1v) is 15.0. The summed E-state index contributed by atoms with van der Waals surface area (Å²) < 4.78 is 12.0. The summed E-state index contributed by atoms with van der Waals surface area (Å²) in [5.41, 5.74) is 0.0988. The average molecular weight is 588 g/mol. The number of hydrogen-bond acceptors (Lipinski definition) is 6. The number of hydrogen-bond donors (Lipinski definition) is 1. The Bertz CT molecular complexity index is 1350. The molecule has 3 aliphatic heterocycles. The molecule has 0 saturated carbocycles. The predicted molar refractivity (Wildman–Crippen MR) is 163 cm³/mol. The quantitative estimate of drug-likeness (QED) is 0.359. The van der Waals surface area contributed by atoms with Crippen molar-refractivity contribution in [3.05, 3.63) is 85.5 Å². The summed E-state index contributed by atoms with van der Waals surface area (Å²) in [7, 11) is 1.57. The molecule has 1 spiro atoms. The number of aliphatic hydroxyl groups excluding tert-OH is 1. The van der Waals surface area contributed by atoms with Crippen LogP contribution in [-0.4, -0.2) is 83.7 Å². The molecular weight excluding hydrogens is 546 g/mol. The van der Waals surface area contributed by atoms with Gasteiger partial charge in [-0.05, 0) is 49.1 Å². The Hall–Kier alpha value is -3.95. The molecular formula is C34H41N3O6. The Labute approximate surface area is 253 Å². The van der Waals surface area contributed by atoms with Crippen LogP contribution in [0.1, 0.15) is 37.8 Å². The van der Waals surface area contributed by atoms with Gasteiger partial charge in [-0.3, -0.25) is 14.4 Å². The van der Waals surface area contributed by atoms with E-state index >= 15 is 0 Å². The van der Waals surface area contributed by atoms with E-state index in [9.17, 15) is 19.5 Å². The maximum Gasteiger partial charge on any atom is 0.253 e. The van der Waals surface area contributed by atoms with E-state index in [2.05, 4.69) is 13.2 Å². The summed E-state index contributed by atoms with van der Waals surface area (Å²) in [6.07, 6.45) is 4.62. The predicted octanol–water partition coefficient (Wildman–Crippen LogP) is 3.75. The van der Waals surface area contributed by atoms with Gasteiger partial charge in [0.15, 0.2) is 0 Å². The Morgan fingerprint density at radius 2 is 1.81 bits per heavy atom. The van der Waals surface area contributed by atoms with Gasteiger partial charge in [0.25, 0.3) is 5.91 Å². The van der Waals surface area contributed by atoms with E-state index in [1.54, 1.807) is 53.3 Å². The van der Waals surface area contributed by atoms with Crippen LogP contribution in [0.5, 0.6) is 5.75 Å². The van der Waals surface area contributed by atoms with E-state index in [0.717, 1.165) is 6.42 Å². The van der Waals surface area contributed by atoms with E-state index in [0.29, 0.717) is 42.9 Å². The van der Waals surface area contributed by atoms with Crippen LogP contribution in [0.2, 0.25) is 0 Å². The zero-order chi connectivity index (χ0) is 30.7. The molecule has 0 radical (unpaired) electrons. The molecule has 3 saturated heterocycles. The minimum atomic E-state index is -1.21. The number of amides is 3. The molecule has 3 aliphatic rings. The Morgan fingerprint density at radius 3 is 2.42 bits per heavy atom. The third-order valence-electron chi connectivity index (χ3n) is 9.07. The van der Waals surface area contributed by atoms with Crippen LogP contribution in [0.4, 0.5) is 5.69 Å². The molecule has 43 heavy (non-hydrogen) atoms. The van der Waals surface area contributed by atoms with Crippen LogP contribution in [0.15, 0.2) is 79.9 Å². The van der Waals surface area contributed by atoms with Gasteiger partial charge in [-0.1, -0.05) is 49.4 Å². The smallest absolute Gasteiger partial charge is 0.253 e. The van der Waals surface area contributed by atoms with Crippen molar-refractivity contribution in [2.75, 3.05) is 38.3 Å². The number of fused-ring (bicyclic) bond motifs is 1. The average Bonchev–Trinajstić information content (AvgIpc) is 3.68. The summed E-state index contributed by atoms with van der Waals surface area (Å²) in [5.74, 6) is -1.78. The zero-order valence-electron chi connectivity index (χ0n) is 24.9. The van der Waals surface area contributed by atoms with Gasteiger partial charge >= 0.3 is 0 Å². The van der Waals surface area contributed by atoms with Gasteiger partial charge in [-0.2, -0.15) is 0 Å². The Morgan fingerprint density at radius 1 is 1.12 bits per heavy atom. The molecule has 3 amide bonds. The van der Waals surface area contributed by atoms with Crippen molar-refractivity contribution in [2.45, 2.75) is 50.0 Å². The number of aliphatic hydroxyl groups is 1. The van der Waals surface area contributed by atoms with Gasteiger partial charge in [0.05, 0.1) is 37.7 Å². The fourth-order valence-corrected chi connectivity index (χ4v) is 7.31. The van der Waals surface area contributed by atoms with Crippen molar-refractivity contribution in [3.63, 3.8) is 0 Å². The van der Waals surface area contributed by atoms with Crippen LogP contribution < -0.4 is 9.64 Å². The van der Waals surface area contributed by atoms with Gasteiger partial charge in [0, 0.05) is 25.3 Å². The second kappa shape index (κ2) is 12.7. The molecule has 2 unspecified atom stereocenters. The number of carbonyl (C=O) groups is 3. The Kier molecular flexibility index (Phi) is 9.03. The van der Waals surface area contributed by atoms with Crippen LogP contribution in [0.25, 0.3) is 0 Å². The Balaban J connectivity index is 1.62. The van der Waals surface area contributed by atoms with E-state index in [1.165, 1.54) is 4.90 Å². The van der Waals surface area contributed by atoms with E-state index < -0.39 is 42.2 Å². The molecule has 2 bridgehead atoms. The lowest BCUT2D eigenvalue weighted by Crippen LogP contribution is -2.57. The first-order valence-electron chi connectivity index (χ1n) is 15.0. The van der Waals surface area contributed by atoms with Crippen molar-refractivity contribution in [2.24, 2.45) is 11.8 Å². The first-order chi connectivity index (χ1) is 20.9. The molecule has 228 valence electrons. The minimum Gasteiger partial charge on any atom is -0.497 e. The minimum absolute atomic E-state index is 0.155. The maximum atomic E-state index is 14.8. The number of rotatable bonds is 13. The van der Waals surface area contributed by atoms with E-state index in [4.69, 9.17) is 9.47 Å². The molecule has 2 aromatic carbocycles. The van der Waals surface area contributed by atoms with Gasteiger partial charge in [0.1, 0.15) is 17.4 Å². The third kappa shape index (κ3) is 5.14. The number of carbonyl (C=O) groups excluding carboxylic acids is 3. The SMILES string of the molecule is C=CCN(CCC)C(=O)[C@@H]1[C@@H]2CCC3(O2)C(C(=O)N(CC=C)c2ccc(OC)cc2)N([C@H](CO)c2ccccc2)C(=O)[C@H]13. The fourth-order valence-electron chi connectivity index (χ4n) is 7.31. The topological polar surface area (TPSA) is 99.6 Å². The summed E-state index contributed by atoms with van der Waals surface area (Å²) >= 11 is 0. The number of nitrogens with zero attached hydrogens (tertiary/aromatic N) is 3. The van der Waals surface area contributed by atoms with Crippen LogP contribution in [-0.2, 0) is 19.1 Å². The maximum absolute atomic E-state index is 14.8. The number of ether oxygens (including phenoxy) is 2. The first kappa shape index (κ1) is 30.5. The third-order valence-corrected chi connectivity index (χ3v) is 9.07. The van der Waals surface area contributed by atoms with Crippen molar-refractivity contribution in [1.82, 2.24) is 9.80 Å². The highest BCUT2D eigenvalue weighted by Gasteiger charge is 2.75. The normalized spacial score (nSPS) is 26.1. The zero-order valence-corrected chi connectivity index (χ0v) is 24.9. The molecule has 5 rings (SSSR count). The highest BCUT2D eigenvalue weighted by molar-refractivity contribution is 6.05. The second-order valence-electron chi connectivity index (χ2n) is 11.4. The van der Waals surface area contributed by atoms with Gasteiger partial charge in [-0.15, -0.1) is 13.2 Å². The van der Waals surface area contributed by atoms with Crippen molar-refractivity contribution in [1.29, 1.82) is 0 Å². The van der Waals surface area contributed by atoms with Crippen LogP contribution in [0.3, 0.4) is 0 Å². The van der Waals surface area contributed by atoms with Crippen molar-refractivity contribution in [3.8, 4) is 5.75 Å². The molecule has 9 heteroatoms. The lowest BCUT2D eigenvalue weighted by Gasteiger charge is -2.39. The molecule has 3 heterocycles. The summed E-state index contributed by atoms with van der Waals surface area (Å²) in [6.45, 7) is 10.4. The largest absolute Gasteiger partial charge is 0.497 e. The van der Waals surface area contributed by atoms with Gasteiger partial charge in [-0.25, -0.2) is 0 Å². The van der Waals surface area contributed by atoms with E-state index in [1.807, 2.05) is 37.3 Å². The van der Waals surface area contributed by atoms with Gasteiger partial charge < -0.3 is 29.3 Å².